The predicted octanol–water partition coefficient (Wildman–Crippen LogP) is 6.09. The summed E-state index contributed by atoms with van der Waals surface area (Å²) in [6.07, 6.45) is 2.94. The maximum atomic E-state index is 14.2. The third-order valence-corrected chi connectivity index (χ3v) is 12.9. The Morgan fingerprint density at radius 2 is 1.31 bits per heavy atom. The lowest BCUT2D eigenvalue weighted by atomic mass is 9.76. The monoisotopic (exact) mass is 926 g/mol. The number of aromatic nitrogens is 2. The molecule has 0 aliphatic carbocycles. The first kappa shape index (κ1) is 50.0. The highest BCUT2D eigenvalue weighted by molar-refractivity contribution is 6.01. The molecular formula is C49H66N8O10. The summed E-state index contributed by atoms with van der Waals surface area (Å²) in [7, 11) is 2.49. The maximum Gasteiger partial charge on any atom is 0.410 e. The molecule has 6 amide bonds. The molecule has 3 aliphatic heterocycles. The van der Waals surface area contributed by atoms with Crippen molar-refractivity contribution in [3.8, 4) is 22.4 Å². The Hall–Kier alpha value is -6.46. The molecule has 1 spiro atoms. The van der Waals surface area contributed by atoms with Crippen molar-refractivity contribution in [2.75, 3.05) is 46.9 Å². The summed E-state index contributed by atoms with van der Waals surface area (Å²) in [5, 5.41) is 8.09. The second-order valence-electron chi connectivity index (χ2n) is 19.5. The van der Waals surface area contributed by atoms with Crippen LogP contribution in [0.5, 0.6) is 0 Å². The topological polar surface area (TPSA) is 222 Å². The molecule has 1 aromatic heterocycles. The molecule has 4 N–H and O–H groups in total. The van der Waals surface area contributed by atoms with Gasteiger partial charge in [0.05, 0.1) is 32.5 Å². The van der Waals surface area contributed by atoms with Crippen molar-refractivity contribution in [3.63, 3.8) is 0 Å². The van der Waals surface area contributed by atoms with Gasteiger partial charge in [-0.1, -0.05) is 76.2 Å². The number of carbonyl (C=O) groups excluding carboxylic acids is 7. The molecule has 0 radical (unpaired) electrons. The van der Waals surface area contributed by atoms with Gasteiger partial charge in [-0.2, -0.15) is 0 Å². The first-order valence-corrected chi connectivity index (χ1v) is 23.1. The van der Waals surface area contributed by atoms with Gasteiger partial charge in [-0.3, -0.25) is 19.2 Å². The largest absolute Gasteiger partial charge is 0.453 e. The molecule has 4 atom stereocenters. The summed E-state index contributed by atoms with van der Waals surface area (Å²) in [5.41, 5.74) is 2.66. The second-order valence-corrected chi connectivity index (χ2v) is 19.5. The fraction of sp³-hybridized carbons (Fsp3) is 0.551. The minimum absolute atomic E-state index is 0.140. The number of hydrogen-bond acceptors (Lipinski definition) is 11. The van der Waals surface area contributed by atoms with Crippen LogP contribution in [0.4, 0.5) is 14.4 Å². The van der Waals surface area contributed by atoms with Gasteiger partial charge in [-0.15, -0.1) is 0 Å². The highest BCUT2D eigenvalue weighted by atomic mass is 16.6. The number of amides is 6. The molecule has 3 fully saturated rings. The van der Waals surface area contributed by atoms with E-state index in [1.807, 2.05) is 77.2 Å². The normalized spacial score (nSPS) is 18.9. The van der Waals surface area contributed by atoms with Crippen molar-refractivity contribution < 1.29 is 47.8 Å². The van der Waals surface area contributed by atoms with Gasteiger partial charge in [0.2, 0.25) is 17.7 Å². The van der Waals surface area contributed by atoms with Crippen molar-refractivity contribution >= 4 is 41.8 Å². The number of piperidine rings is 1. The lowest BCUT2D eigenvalue weighted by Crippen LogP contribution is -2.55. The smallest absolute Gasteiger partial charge is 0.410 e. The first-order valence-electron chi connectivity index (χ1n) is 23.1. The average Bonchev–Trinajstić information content (AvgIpc) is 4.08. The Morgan fingerprint density at radius 3 is 1.85 bits per heavy atom. The molecule has 18 nitrogen and oxygen atoms in total. The van der Waals surface area contributed by atoms with Crippen LogP contribution in [-0.2, 0) is 28.6 Å². The summed E-state index contributed by atoms with van der Waals surface area (Å²) < 4.78 is 15.1. The summed E-state index contributed by atoms with van der Waals surface area (Å²) in [4.78, 5) is 105. The van der Waals surface area contributed by atoms with Crippen molar-refractivity contribution in [1.29, 1.82) is 0 Å². The lowest BCUT2D eigenvalue weighted by Gasteiger charge is -2.39. The molecule has 3 aliphatic rings. The van der Waals surface area contributed by atoms with E-state index in [2.05, 4.69) is 20.9 Å². The van der Waals surface area contributed by atoms with Crippen LogP contribution in [0.1, 0.15) is 103 Å². The predicted molar refractivity (Wildman–Crippen MR) is 248 cm³/mol. The number of imidazole rings is 1. The number of carbonyl (C=O) groups is 7. The number of Topliss-reactive ketones (excluding diaryl/α,β-unsaturated/α-hetero) is 1. The van der Waals surface area contributed by atoms with Gasteiger partial charge in [-0.05, 0) is 81.3 Å². The number of H-pyrrole nitrogens is 1. The molecule has 18 heteroatoms. The zero-order valence-electron chi connectivity index (χ0n) is 40.1. The van der Waals surface area contributed by atoms with E-state index in [9.17, 15) is 33.6 Å². The summed E-state index contributed by atoms with van der Waals surface area (Å²) in [6.45, 7) is 14.1. The molecule has 4 heterocycles. The average molecular weight is 927 g/mol. The van der Waals surface area contributed by atoms with E-state index in [1.54, 1.807) is 35.8 Å². The number of nitrogens with one attached hydrogen (secondary N) is 4. The molecule has 67 heavy (non-hydrogen) atoms. The highest BCUT2D eigenvalue weighted by Crippen LogP contribution is 2.44. The SMILES string of the molecule is COC(=O)N[C@H](C(=O)N1CC2(CCN(C(=O)OC(C)(C)C)CC2)CC1C(=O)NCC(=O)c1ccc(-c2ccc(-c3c[nH]c([C@@H]4CCCN4C(=O)[C@@H](NC(=O)OC)C(C)C)n3)cc2)cc1)C(C)C. The third-order valence-electron chi connectivity index (χ3n) is 12.9. The number of alkyl carbamates (subject to hydrolysis) is 2. The first-order chi connectivity index (χ1) is 31.7. The minimum atomic E-state index is -0.955. The van der Waals surface area contributed by atoms with E-state index >= 15 is 0 Å². The van der Waals surface area contributed by atoms with E-state index in [0.29, 0.717) is 50.3 Å². The van der Waals surface area contributed by atoms with Crippen LogP contribution < -0.4 is 16.0 Å². The van der Waals surface area contributed by atoms with E-state index in [1.165, 1.54) is 19.1 Å². The van der Waals surface area contributed by atoms with Crippen LogP contribution in [0, 0.1) is 17.3 Å². The zero-order chi connectivity index (χ0) is 48.8. The Labute approximate surface area is 392 Å². The number of ketones is 1. The number of aromatic amines is 1. The van der Waals surface area contributed by atoms with Crippen LogP contribution in [0.2, 0.25) is 0 Å². The number of rotatable bonds is 13. The summed E-state index contributed by atoms with van der Waals surface area (Å²) in [5.74, 6) is -1.17. The van der Waals surface area contributed by atoms with Gasteiger partial charge in [0.15, 0.2) is 5.78 Å². The molecular weight excluding hydrogens is 861 g/mol. The highest BCUT2D eigenvalue weighted by Gasteiger charge is 2.51. The van der Waals surface area contributed by atoms with Crippen LogP contribution in [0.3, 0.4) is 0 Å². The minimum Gasteiger partial charge on any atom is -0.453 e. The van der Waals surface area contributed by atoms with Gasteiger partial charge in [0, 0.05) is 43.5 Å². The standard InChI is InChI=1S/C49H66N8O10/c1-29(2)39(53-45(62)65-8)43(60)56-22-10-11-36(56)41-50-26-35(52-41)33-16-12-31(13-17-33)32-14-18-34(19-15-32)38(58)27-51-42(59)37-25-49(20-23-55(24-21-49)47(64)67-48(5,6)7)28-57(37)44(61)40(30(3)4)54-46(63)66-9/h12-19,26,29-30,36-37,39-40H,10-11,20-25,27-28H2,1-9H3,(H,50,52)(H,51,59)(H,53,62)(H,54,63)/t36-,37?,39-,40-/m0/s1. The Balaban J connectivity index is 1.08. The molecule has 2 aromatic carbocycles. The lowest BCUT2D eigenvalue weighted by molar-refractivity contribution is -0.140. The molecule has 1 unspecified atom stereocenters. The Kier molecular flexibility index (Phi) is 15.7. The van der Waals surface area contributed by atoms with Crippen molar-refractivity contribution in [2.24, 2.45) is 17.3 Å². The third kappa shape index (κ3) is 11.9. The fourth-order valence-electron chi connectivity index (χ4n) is 9.17. The van der Waals surface area contributed by atoms with E-state index in [0.717, 1.165) is 35.2 Å². The molecule has 0 bridgehead atoms. The summed E-state index contributed by atoms with van der Waals surface area (Å²) >= 11 is 0. The molecule has 6 rings (SSSR count). The summed E-state index contributed by atoms with van der Waals surface area (Å²) in [6, 6.07) is 12.1. The van der Waals surface area contributed by atoms with Gasteiger partial charge in [0.1, 0.15) is 29.6 Å². The van der Waals surface area contributed by atoms with Crippen LogP contribution >= 0.6 is 0 Å². The Bertz CT molecular complexity index is 2280. The molecule has 3 aromatic rings. The van der Waals surface area contributed by atoms with Gasteiger partial charge < -0.3 is 49.8 Å². The van der Waals surface area contributed by atoms with Crippen LogP contribution in [0.15, 0.2) is 54.7 Å². The van der Waals surface area contributed by atoms with E-state index in [-0.39, 0.29) is 42.7 Å². The van der Waals surface area contributed by atoms with E-state index < -0.39 is 59.2 Å². The van der Waals surface area contributed by atoms with Crippen molar-refractivity contribution in [2.45, 2.75) is 110 Å². The number of ether oxygens (including phenoxy) is 3. The fourth-order valence-corrected chi connectivity index (χ4v) is 9.17. The van der Waals surface area contributed by atoms with Crippen LogP contribution in [-0.4, -0.2) is 137 Å². The van der Waals surface area contributed by atoms with E-state index in [4.69, 9.17) is 19.2 Å². The maximum absolute atomic E-state index is 14.2. The Morgan fingerprint density at radius 1 is 0.776 bits per heavy atom. The number of nitrogens with zero attached hydrogens (tertiary/aromatic N) is 4. The van der Waals surface area contributed by atoms with Crippen molar-refractivity contribution in [3.05, 3.63) is 66.1 Å². The molecule has 362 valence electrons. The quantitative estimate of drug-likeness (QED) is 0.114. The van der Waals surface area contributed by atoms with Crippen LogP contribution in [0.25, 0.3) is 22.4 Å². The number of likely N-dealkylation sites (tertiary alicyclic amines) is 3. The number of benzene rings is 2. The molecule has 3 saturated heterocycles. The van der Waals surface area contributed by atoms with Gasteiger partial charge in [0.25, 0.3) is 0 Å². The second kappa shape index (κ2) is 21.0. The molecule has 0 saturated carbocycles. The zero-order valence-corrected chi connectivity index (χ0v) is 40.1. The van der Waals surface area contributed by atoms with Crippen molar-refractivity contribution in [1.82, 2.24) is 40.6 Å². The number of hydrogen-bond donors (Lipinski definition) is 4. The number of methoxy groups -OCH3 is 2. The van der Waals surface area contributed by atoms with Gasteiger partial charge >= 0.3 is 18.3 Å². The van der Waals surface area contributed by atoms with Gasteiger partial charge in [-0.25, -0.2) is 19.4 Å².